The summed E-state index contributed by atoms with van der Waals surface area (Å²) in [5.74, 6) is -1.39. The van der Waals surface area contributed by atoms with Gasteiger partial charge < -0.3 is 19.7 Å². The summed E-state index contributed by atoms with van der Waals surface area (Å²) < 4.78 is 10.1. The van der Waals surface area contributed by atoms with Crippen LogP contribution in [0.25, 0.3) is 0 Å². The molecule has 2 aliphatic rings. The second kappa shape index (κ2) is 8.67. The zero-order valence-electron chi connectivity index (χ0n) is 17.6. The highest BCUT2D eigenvalue weighted by Crippen LogP contribution is 2.49. The van der Waals surface area contributed by atoms with Gasteiger partial charge in [-0.15, -0.1) is 0 Å². The third kappa shape index (κ3) is 4.53. The van der Waals surface area contributed by atoms with Crippen molar-refractivity contribution < 1.29 is 19.1 Å². The highest BCUT2D eigenvalue weighted by Gasteiger charge is 2.36. The zero-order valence-corrected chi connectivity index (χ0v) is 18.4. The van der Waals surface area contributed by atoms with Gasteiger partial charge in [0.15, 0.2) is 5.57 Å². The number of hydrogen-bond acceptors (Lipinski definition) is 8. The lowest BCUT2D eigenvalue weighted by molar-refractivity contribution is -0.146. The smallest absolute Gasteiger partial charge is 0.347 e. The standard InChI is InChI=1S/C21H29N3O4S/c1-6-27-18(25)14(19(26)28-7-2)12-23-15-10-13(21(3,4)5)11-16-17(15)24-9-8-22-20(24)29-16/h10-12,20,22-23H,6-9H2,1-5H3. The van der Waals surface area contributed by atoms with Gasteiger partial charge in [0.05, 0.1) is 24.6 Å². The summed E-state index contributed by atoms with van der Waals surface area (Å²) in [6.45, 7) is 12.1. The van der Waals surface area contributed by atoms with Gasteiger partial charge in [0.1, 0.15) is 5.50 Å². The lowest BCUT2D eigenvalue weighted by atomic mass is 9.86. The topological polar surface area (TPSA) is 79.9 Å². The Morgan fingerprint density at radius 1 is 1.24 bits per heavy atom. The Bertz CT molecular complexity index is 812. The Morgan fingerprint density at radius 3 is 2.48 bits per heavy atom. The van der Waals surface area contributed by atoms with Crippen LogP contribution in [0.15, 0.2) is 28.8 Å². The average Bonchev–Trinajstić information content (AvgIpc) is 3.22. The first-order chi connectivity index (χ1) is 13.8. The summed E-state index contributed by atoms with van der Waals surface area (Å²) in [5.41, 5.74) is 3.14. The van der Waals surface area contributed by atoms with E-state index in [-0.39, 0.29) is 29.7 Å². The van der Waals surface area contributed by atoms with Crippen molar-refractivity contribution >= 4 is 35.1 Å². The number of carbonyl (C=O) groups is 2. The number of nitrogens with one attached hydrogen (secondary N) is 2. The molecule has 1 fully saturated rings. The lowest BCUT2D eigenvalue weighted by Crippen LogP contribution is -2.28. The van der Waals surface area contributed by atoms with Crippen molar-refractivity contribution in [3.8, 4) is 0 Å². The fourth-order valence-electron chi connectivity index (χ4n) is 3.30. The van der Waals surface area contributed by atoms with Gasteiger partial charge in [0.2, 0.25) is 0 Å². The molecule has 2 N–H and O–H groups in total. The van der Waals surface area contributed by atoms with Crippen molar-refractivity contribution in [2.45, 2.75) is 50.4 Å². The lowest BCUT2D eigenvalue weighted by Gasteiger charge is -2.24. The first kappa shape index (κ1) is 21.5. The number of rotatable bonds is 6. The minimum Gasteiger partial charge on any atom is -0.462 e. The van der Waals surface area contributed by atoms with Crippen LogP contribution in [-0.4, -0.2) is 43.7 Å². The van der Waals surface area contributed by atoms with Gasteiger partial charge in [0, 0.05) is 24.2 Å². The quantitative estimate of drug-likeness (QED) is 0.315. The van der Waals surface area contributed by atoms with Gasteiger partial charge in [0.25, 0.3) is 0 Å². The molecule has 8 heteroatoms. The normalized spacial score (nSPS) is 17.4. The highest BCUT2D eigenvalue weighted by atomic mass is 32.2. The molecule has 7 nitrogen and oxygen atoms in total. The van der Waals surface area contributed by atoms with E-state index in [4.69, 9.17) is 9.47 Å². The largest absolute Gasteiger partial charge is 0.462 e. The molecule has 1 atom stereocenters. The van der Waals surface area contributed by atoms with E-state index in [1.165, 1.54) is 16.7 Å². The third-order valence-corrected chi connectivity index (χ3v) is 5.99. The molecule has 3 rings (SSSR count). The van der Waals surface area contributed by atoms with Crippen molar-refractivity contribution in [1.29, 1.82) is 0 Å². The van der Waals surface area contributed by atoms with Gasteiger partial charge in [-0.05, 0) is 37.0 Å². The molecule has 1 saturated heterocycles. The molecule has 0 spiro atoms. The predicted molar refractivity (Wildman–Crippen MR) is 115 cm³/mol. The number of hydrogen-bond donors (Lipinski definition) is 2. The van der Waals surface area contributed by atoms with Crippen LogP contribution in [0.3, 0.4) is 0 Å². The highest BCUT2D eigenvalue weighted by molar-refractivity contribution is 8.00. The number of esters is 2. The number of carbonyl (C=O) groups excluding carboxylic acids is 2. The van der Waals surface area contributed by atoms with E-state index in [9.17, 15) is 9.59 Å². The molecule has 1 aromatic carbocycles. The summed E-state index contributed by atoms with van der Waals surface area (Å²) in [5, 5.41) is 6.69. The van der Waals surface area contributed by atoms with E-state index in [1.807, 2.05) is 0 Å². The van der Waals surface area contributed by atoms with E-state index in [0.29, 0.717) is 0 Å². The third-order valence-electron chi connectivity index (χ3n) is 4.78. The summed E-state index contributed by atoms with van der Waals surface area (Å²) in [6.07, 6.45) is 1.40. The minimum atomic E-state index is -0.697. The van der Waals surface area contributed by atoms with Crippen LogP contribution in [0.5, 0.6) is 0 Å². The molecule has 0 radical (unpaired) electrons. The second-order valence-corrected chi connectivity index (χ2v) is 9.00. The van der Waals surface area contributed by atoms with Crippen LogP contribution in [0.1, 0.15) is 40.2 Å². The molecule has 158 valence electrons. The van der Waals surface area contributed by atoms with Gasteiger partial charge in [-0.3, -0.25) is 5.32 Å². The van der Waals surface area contributed by atoms with Crippen LogP contribution in [0.2, 0.25) is 0 Å². The Kier molecular flexibility index (Phi) is 6.43. The summed E-state index contributed by atoms with van der Waals surface area (Å²) >= 11 is 1.79. The molecule has 1 aromatic rings. The van der Waals surface area contributed by atoms with Gasteiger partial charge in [-0.25, -0.2) is 9.59 Å². The molecular weight excluding hydrogens is 390 g/mol. The minimum absolute atomic E-state index is 0.0404. The number of fused-ring (bicyclic) bond motifs is 3. The van der Waals surface area contributed by atoms with E-state index >= 15 is 0 Å². The number of anilines is 2. The molecule has 0 aliphatic carbocycles. The Morgan fingerprint density at radius 2 is 1.90 bits per heavy atom. The van der Waals surface area contributed by atoms with Gasteiger partial charge >= 0.3 is 11.9 Å². The number of thioether (sulfide) groups is 1. The Balaban J connectivity index is 2.00. The number of nitrogens with zero attached hydrogens (tertiary/aromatic N) is 1. The van der Waals surface area contributed by atoms with Crippen LogP contribution in [0, 0.1) is 0 Å². The maximum Gasteiger partial charge on any atom is 0.347 e. The summed E-state index contributed by atoms with van der Waals surface area (Å²) in [4.78, 5) is 28.0. The predicted octanol–water partition coefficient (Wildman–Crippen LogP) is 3.21. The number of benzene rings is 1. The first-order valence-electron chi connectivity index (χ1n) is 9.92. The number of ether oxygens (including phenoxy) is 2. The van der Waals surface area contributed by atoms with Crippen molar-refractivity contribution in [1.82, 2.24) is 5.32 Å². The summed E-state index contributed by atoms with van der Waals surface area (Å²) in [7, 11) is 0. The molecule has 1 unspecified atom stereocenters. The SMILES string of the molecule is CCOC(=O)C(=CNc1cc(C(C)(C)C)cc2c1N1CCNC1S2)C(=O)OCC. The maximum absolute atomic E-state index is 12.3. The monoisotopic (exact) mass is 419 g/mol. The van der Waals surface area contributed by atoms with Gasteiger partial charge in [-0.2, -0.15) is 0 Å². The molecule has 0 bridgehead atoms. The molecular formula is C21H29N3O4S. The summed E-state index contributed by atoms with van der Waals surface area (Å²) in [6, 6.07) is 4.32. The first-order valence-corrected chi connectivity index (χ1v) is 10.8. The Labute approximate surface area is 176 Å². The van der Waals surface area contributed by atoms with Crippen LogP contribution in [0.4, 0.5) is 11.4 Å². The molecule has 0 amide bonds. The zero-order chi connectivity index (χ0) is 21.2. The molecule has 2 aliphatic heterocycles. The Hall–Kier alpha value is -2.19. The van der Waals surface area contributed by atoms with Crippen LogP contribution < -0.4 is 15.5 Å². The van der Waals surface area contributed by atoms with Crippen molar-refractivity contribution in [2.75, 3.05) is 36.5 Å². The average molecular weight is 420 g/mol. The van der Waals surface area contributed by atoms with Crippen molar-refractivity contribution in [3.63, 3.8) is 0 Å². The van der Waals surface area contributed by atoms with Gasteiger partial charge in [-0.1, -0.05) is 32.5 Å². The van der Waals surface area contributed by atoms with Crippen molar-refractivity contribution in [3.05, 3.63) is 29.5 Å². The van der Waals surface area contributed by atoms with E-state index in [2.05, 4.69) is 48.4 Å². The van der Waals surface area contributed by atoms with E-state index in [0.717, 1.165) is 24.5 Å². The van der Waals surface area contributed by atoms with E-state index in [1.54, 1.807) is 25.6 Å². The molecule has 0 saturated carbocycles. The van der Waals surface area contributed by atoms with E-state index < -0.39 is 11.9 Å². The molecule has 29 heavy (non-hydrogen) atoms. The maximum atomic E-state index is 12.3. The van der Waals surface area contributed by atoms with Crippen molar-refractivity contribution in [2.24, 2.45) is 0 Å². The molecule has 0 aromatic heterocycles. The fraction of sp³-hybridized carbons (Fsp3) is 0.524. The van der Waals surface area contributed by atoms with Crippen LogP contribution >= 0.6 is 11.8 Å². The molecule has 2 heterocycles. The fourth-order valence-corrected chi connectivity index (χ4v) is 4.61. The second-order valence-electron chi connectivity index (χ2n) is 7.88. The van der Waals surface area contributed by atoms with Crippen LogP contribution in [-0.2, 0) is 24.5 Å².